The van der Waals surface area contributed by atoms with E-state index in [2.05, 4.69) is 14.0 Å². The average molecular weight is 311 g/mol. The Bertz CT molecular complexity index is 347. The molecule has 0 fully saturated rings. The van der Waals surface area contributed by atoms with E-state index in [9.17, 15) is 0 Å². The van der Waals surface area contributed by atoms with Gasteiger partial charge in [0, 0.05) is 0 Å². The highest BCUT2D eigenvalue weighted by molar-refractivity contribution is 7.70. The standard InChI is InChI=1S/C10H31N7P2/c1-13(2)18(11,14(3)4)12-19(15(5)6,16(7)8)17(9)10/h11H,1-10H3. The molecule has 0 bridgehead atoms. The van der Waals surface area contributed by atoms with Gasteiger partial charge in [-0.25, -0.2) is 9.34 Å². The van der Waals surface area contributed by atoms with Crippen LogP contribution in [0.2, 0.25) is 0 Å². The van der Waals surface area contributed by atoms with E-state index in [0.717, 1.165) is 0 Å². The van der Waals surface area contributed by atoms with Gasteiger partial charge in [-0.2, -0.15) is 4.52 Å². The minimum absolute atomic E-state index is 1.93. The van der Waals surface area contributed by atoms with Crippen molar-refractivity contribution in [1.29, 1.82) is 5.16 Å². The van der Waals surface area contributed by atoms with Gasteiger partial charge in [-0.3, -0.25) is 19.2 Å². The van der Waals surface area contributed by atoms with E-state index in [1.807, 2.05) is 79.8 Å². The predicted octanol–water partition coefficient (Wildman–Crippen LogP) is 2.27. The van der Waals surface area contributed by atoms with E-state index in [0.29, 0.717) is 0 Å². The molecule has 0 rings (SSSR count). The smallest absolute Gasteiger partial charge is 0.209 e. The van der Waals surface area contributed by atoms with Crippen LogP contribution < -0.4 is 0 Å². The van der Waals surface area contributed by atoms with E-state index in [-0.39, 0.29) is 0 Å². The summed E-state index contributed by atoms with van der Waals surface area (Å²) in [4.78, 5) is 0. The normalized spacial score (nSPS) is 14.3. The first-order chi connectivity index (χ1) is 8.42. The summed E-state index contributed by atoms with van der Waals surface area (Å²) in [7, 11) is 15.5. The summed E-state index contributed by atoms with van der Waals surface area (Å²) >= 11 is 0. The highest BCUT2D eigenvalue weighted by Gasteiger charge is 2.34. The predicted molar refractivity (Wildman–Crippen MR) is 87.4 cm³/mol. The maximum atomic E-state index is 8.81. The topological polar surface area (TPSA) is 52.4 Å². The Morgan fingerprint density at radius 2 is 0.842 bits per heavy atom. The number of hydrogen-bond donors (Lipinski definition) is 1. The fourth-order valence-corrected chi connectivity index (χ4v) is 9.40. The number of hydrogen-bond acceptors (Lipinski definition) is 1. The minimum Gasteiger partial charge on any atom is -0.271 e. The third-order valence-corrected chi connectivity index (χ3v) is 10.4. The molecule has 0 amide bonds. The summed E-state index contributed by atoms with van der Waals surface area (Å²) in [6, 6.07) is 0. The summed E-state index contributed by atoms with van der Waals surface area (Å²) < 4.78 is 15.3. The lowest BCUT2D eigenvalue weighted by Crippen LogP contribution is -2.31. The molecular formula is C10H31N7P2. The monoisotopic (exact) mass is 311 g/mol. The lowest BCUT2D eigenvalue weighted by atomic mass is 11.2. The zero-order valence-corrected chi connectivity index (χ0v) is 15.9. The van der Waals surface area contributed by atoms with Crippen LogP contribution in [0.1, 0.15) is 0 Å². The number of rotatable bonds is 6. The second kappa shape index (κ2) is 6.81. The molecule has 0 unspecified atom stereocenters. The maximum Gasteiger partial charge on any atom is 0.209 e. The molecule has 1 N–H and O–H groups in total. The van der Waals surface area contributed by atoms with Gasteiger partial charge in [0.05, 0.1) is 0 Å². The molecule has 0 saturated carbocycles. The average Bonchev–Trinajstić information content (AvgIpc) is 2.23. The first-order valence-electron chi connectivity index (χ1n) is 6.10. The van der Waals surface area contributed by atoms with E-state index >= 15 is 0 Å². The van der Waals surface area contributed by atoms with E-state index in [4.69, 9.17) is 9.68 Å². The number of nitrogens with zero attached hydrogens (tertiary/aromatic N) is 6. The zero-order chi connectivity index (χ0) is 15.6. The highest BCUT2D eigenvalue weighted by Crippen LogP contribution is 2.66. The Hall–Kier alpha value is 0.260. The Kier molecular flexibility index (Phi) is 6.90. The molecule has 0 aliphatic carbocycles. The molecule has 116 valence electrons. The largest absolute Gasteiger partial charge is 0.271 e. The molecule has 0 radical (unpaired) electrons. The molecule has 19 heavy (non-hydrogen) atoms. The van der Waals surface area contributed by atoms with E-state index < -0.39 is 15.0 Å². The van der Waals surface area contributed by atoms with Gasteiger partial charge in [0.15, 0.2) is 7.51 Å². The molecule has 0 aromatic carbocycles. The fraction of sp³-hybridized carbons (Fsp3) is 1.00. The van der Waals surface area contributed by atoms with Crippen molar-refractivity contribution in [3.63, 3.8) is 0 Å². The van der Waals surface area contributed by atoms with Gasteiger partial charge in [0.2, 0.25) is 7.51 Å². The molecule has 9 heteroatoms. The molecule has 0 atom stereocenters. The van der Waals surface area contributed by atoms with Crippen LogP contribution >= 0.6 is 15.0 Å². The van der Waals surface area contributed by atoms with Gasteiger partial charge in [0.1, 0.15) is 0 Å². The van der Waals surface area contributed by atoms with Gasteiger partial charge in [0.25, 0.3) is 0 Å². The molecule has 0 aliphatic rings. The SMILES string of the molecule is CN(C)P(=N)(N=P(N(C)C)(N(C)C)N(C)C)N(C)C. The van der Waals surface area contributed by atoms with Gasteiger partial charge >= 0.3 is 0 Å². The van der Waals surface area contributed by atoms with Gasteiger partial charge in [-0.05, 0) is 70.5 Å². The van der Waals surface area contributed by atoms with Crippen molar-refractivity contribution in [2.24, 2.45) is 4.52 Å². The van der Waals surface area contributed by atoms with Gasteiger partial charge in [-0.1, -0.05) is 0 Å². The first-order valence-corrected chi connectivity index (χ1v) is 9.34. The van der Waals surface area contributed by atoms with Gasteiger partial charge < -0.3 is 0 Å². The highest BCUT2D eigenvalue weighted by atomic mass is 31.2. The van der Waals surface area contributed by atoms with E-state index in [1.165, 1.54) is 0 Å². The van der Waals surface area contributed by atoms with Crippen LogP contribution in [0.3, 0.4) is 0 Å². The Morgan fingerprint density at radius 1 is 0.579 bits per heavy atom. The molecule has 0 heterocycles. The van der Waals surface area contributed by atoms with Crippen LogP contribution in [0, 0.1) is 5.16 Å². The van der Waals surface area contributed by atoms with Crippen LogP contribution in [-0.2, 0) is 0 Å². The van der Waals surface area contributed by atoms with Crippen LogP contribution in [0.4, 0.5) is 0 Å². The third kappa shape index (κ3) is 3.67. The summed E-state index contributed by atoms with van der Waals surface area (Å²) in [5.41, 5.74) is 0. The molecule has 0 aromatic heterocycles. The summed E-state index contributed by atoms with van der Waals surface area (Å²) in [5.74, 6) is 0. The molecule has 0 aromatic rings. The summed E-state index contributed by atoms with van der Waals surface area (Å²) in [5, 5.41) is 8.81. The van der Waals surface area contributed by atoms with Crippen molar-refractivity contribution in [3.8, 4) is 0 Å². The van der Waals surface area contributed by atoms with Crippen molar-refractivity contribution < 1.29 is 0 Å². The molecular weight excluding hydrogens is 280 g/mol. The Labute approximate surface area is 119 Å². The zero-order valence-electron chi connectivity index (χ0n) is 14.1. The Morgan fingerprint density at radius 3 is 1.00 bits per heavy atom. The lowest BCUT2D eigenvalue weighted by Gasteiger charge is -2.44. The van der Waals surface area contributed by atoms with Crippen LogP contribution in [-0.4, -0.2) is 93.8 Å². The molecule has 7 nitrogen and oxygen atoms in total. The second-order valence-electron chi connectivity index (χ2n) is 5.43. The van der Waals surface area contributed by atoms with E-state index in [1.54, 1.807) is 0 Å². The number of nitrogens with one attached hydrogen (secondary N) is 1. The lowest BCUT2D eigenvalue weighted by molar-refractivity contribution is 0.472. The quantitative estimate of drug-likeness (QED) is 0.763. The van der Waals surface area contributed by atoms with Crippen molar-refractivity contribution >= 4 is 15.0 Å². The molecule has 0 saturated heterocycles. The van der Waals surface area contributed by atoms with Crippen LogP contribution in [0.5, 0.6) is 0 Å². The van der Waals surface area contributed by atoms with Crippen molar-refractivity contribution in [2.75, 3.05) is 70.5 Å². The van der Waals surface area contributed by atoms with Crippen LogP contribution in [0.15, 0.2) is 4.52 Å². The third-order valence-electron chi connectivity index (χ3n) is 2.97. The summed E-state index contributed by atoms with van der Waals surface area (Å²) in [6.07, 6.45) is 0. The summed E-state index contributed by atoms with van der Waals surface area (Å²) in [6.45, 7) is 0. The maximum absolute atomic E-state index is 8.81. The second-order valence-corrected chi connectivity index (χ2v) is 12.4. The molecule has 0 aliphatic heterocycles. The van der Waals surface area contributed by atoms with Crippen LogP contribution in [0.25, 0.3) is 0 Å². The van der Waals surface area contributed by atoms with Crippen molar-refractivity contribution in [3.05, 3.63) is 0 Å². The van der Waals surface area contributed by atoms with Crippen molar-refractivity contribution in [1.82, 2.24) is 23.4 Å². The Balaban J connectivity index is 6.29. The van der Waals surface area contributed by atoms with Crippen molar-refractivity contribution in [2.45, 2.75) is 0 Å². The van der Waals surface area contributed by atoms with Gasteiger partial charge in [-0.15, -0.1) is 0 Å². The minimum atomic E-state index is -2.43. The first kappa shape index (κ1) is 19.3. The fourth-order valence-electron chi connectivity index (χ4n) is 2.00. The molecule has 0 spiro atoms.